The summed E-state index contributed by atoms with van der Waals surface area (Å²) in [4.78, 5) is 4.66. The SMILES string of the molecule is CC(C)c1nc2ccc(C3(N)CCC3)cc2s1. The first kappa shape index (κ1) is 11.2. The molecule has 1 aliphatic carbocycles. The Kier molecular flexibility index (Phi) is 2.49. The number of aromatic nitrogens is 1. The van der Waals surface area contributed by atoms with Crippen LogP contribution in [-0.4, -0.2) is 4.98 Å². The predicted molar refractivity (Wildman–Crippen MR) is 73.4 cm³/mol. The van der Waals surface area contributed by atoms with Crippen molar-refractivity contribution in [2.75, 3.05) is 0 Å². The molecule has 2 aromatic rings. The molecule has 1 aromatic carbocycles. The third kappa shape index (κ3) is 1.78. The molecule has 1 saturated carbocycles. The predicted octanol–water partition coefficient (Wildman–Crippen LogP) is 3.76. The van der Waals surface area contributed by atoms with Gasteiger partial charge in [-0.3, -0.25) is 0 Å². The molecule has 0 bridgehead atoms. The molecule has 1 aromatic heterocycles. The summed E-state index contributed by atoms with van der Waals surface area (Å²) in [5, 5.41) is 1.22. The fourth-order valence-electron chi connectivity index (χ4n) is 2.35. The van der Waals surface area contributed by atoms with Crippen LogP contribution in [0.25, 0.3) is 10.2 Å². The standard InChI is InChI=1S/C14H18N2S/c1-9(2)13-16-11-5-4-10(8-12(11)17-13)14(15)6-3-7-14/h4-5,8-9H,3,6-7,15H2,1-2H3. The van der Waals surface area contributed by atoms with Crippen molar-refractivity contribution in [3.63, 3.8) is 0 Å². The van der Waals surface area contributed by atoms with Crippen molar-refractivity contribution < 1.29 is 0 Å². The Hall–Kier alpha value is -0.930. The van der Waals surface area contributed by atoms with Crippen LogP contribution in [0.2, 0.25) is 0 Å². The summed E-state index contributed by atoms with van der Waals surface area (Å²) in [6, 6.07) is 6.53. The lowest BCUT2D eigenvalue weighted by Crippen LogP contribution is -2.43. The highest BCUT2D eigenvalue weighted by atomic mass is 32.1. The summed E-state index contributed by atoms with van der Waals surface area (Å²) in [5.41, 5.74) is 8.71. The van der Waals surface area contributed by atoms with E-state index in [9.17, 15) is 0 Å². The van der Waals surface area contributed by atoms with E-state index in [2.05, 4.69) is 37.0 Å². The van der Waals surface area contributed by atoms with Crippen LogP contribution in [0.4, 0.5) is 0 Å². The van der Waals surface area contributed by atoms with Gasteiger partial charge in [0, 0.05) is 11.5 Å². The third-order valence-corrected chi connectivity index (χ3v) is 5.04. The van der Waals surface area contributed by atoms with E-state index < -0.39 is 0 Å². The number of thiazole rings is 1. The molecule has 0 amide bonds. The van der Waals surface area contributed by atoms with Crippen LogP contribution < -0.4 is 5.73 Å². The van der Waals surface area contributed by atoms with Gasteiger partial charge in [-0.05, 0) is 37.0 Å². The van der Waals surface area contributed by atoms with Gasteiger partial charge in [0.25, 0.3) is 0 Å². The van der Waals surface area contributed by atoms with E-state index in [1.54, 1.807) is 11.3 Å². The van der Waals surface area contributed by atoms with Crippen LogP contribution in [-0.2, 0) is 5.54 Å². The van der Waals surface area contributed by atoms with E-state index in [1.165, 1.54) is 21.7 Å². The minimum absolute atomic E-state index is 0.0594. The van der Waals surface area contributed by atoms with Gasteiger partial charge in [0.05, 0.1) is 15.2 Å². The lowest BCUT2D eigenvalue weighted by molar-refractivity contribution is 0.254. The first-order valence-corrected chi connectivity index (χ1v) is 7.10. The molecule has 3 rings (SSSR count). The van der Waals surface area contributed by atoms with Crippen LogP contribution in [0.15, 0.2) is 18.2 Å². The van der Waals surface area contributed by atoms with Crippen LogP contribution in [0, 0.1) is 0 Å². The summed E-state index contributed by atoms with van der Waals surface area (Å²) >= 11 is 1.80. The van der Waals surface area contributed by atoms with Crippen molar-refractivity contribution in [1.82, 2.24) is 4.98 Å². The molecule has 1 heterocycles. The molecule has 0 spiro atoms. The smallest absolute Gasteiger partial charge is 0.0963 e. The number of rotatable bonds is 2. The average Bonchev–Trinajstić information content (AvgIpc) is 2.68. The highest BCUT2D eigenvalue weighted by molar-refractivity contribution is 7.18. The Balaban J connectivity index is 2.06. The summed E-state index contributed by atoms with van der Waals surface area (Å²) in [6.07, 6.45) is 3.50. The third-order valence-electron chi connectivity index (χ3n) is 3.72. The molecule has 17 heavy (non-hydrogen) atoms. The normalized spacial score (nSPS) is 18.6. The zero-order valence-corrected chi connectivity index (χ0v) is 11.2. The number of benzene rings is 1. The summed E-state index contributed by atoms with van der Waals surface area (Å²) in [5.74, 6) is 0.506. The highest BCUT2D eigenvalue weighted by Crippen LogP contribution is 2.40. The van der Waals surface area contributed by atoms with E-state index in [1.807, 2.05) is 0 Å². The lowest BCUT2D eigenvalue weighted by atomic mass is 9.73. The number of nitrogens with zero attached hydrogens (tertiary/aromatic N) is 1. The Morgan fingerprint density at radius 3 is 2.71 bits per heavy atom. The molecule has 1 aliphatic rings. The van der Waals surface area contributed by atoms with Crippen molar-refractivity contribution in [3.05, 3.63) is 28.8 Å². The van der Waals surface area contributed by atoms with Gasteiger partial charge in [0.15, 0.2) is 0 Å². The Morgan fingerprint density at radius 2 is 2.12 bits per heavy atom. The summed E-state index contributed by atoms with van der Waals surface area (Å²) < 4.78 is 1.28. The van der Waals surface area contributed by atoms with Crippen molar-refractivity contribution in [3.8, 4) is 0 Å². The zero-order valence-electron chi connectivity index (χ0n) is 10.4. The van der Waals surface area contributed by atoms with Crippen molar-refractivity contribution in [1.29, 1.82) is 0 Å². The molecular weight excluding hydrogens is 228 g/mol. The summed E-state index contributed by atoms with van der Waals surface area (Å²) in [7, 11) is 0. The molecule has 2 nitrogen and oxygen atoms in total. The molecule has 0 saturated heterocycles. The van der Waals surface area contributed by atoms with Gasteiger partial charge in [0.1, 0.15) is 0 Å². The van der Waals surface area contributed by atoms with E-state index in [4.69, 9.17) is 5.73 Å². The van der Waals surface area contributed by atoms with Gasteiger partial charge in [-0.1, -0.05) is 19.9 Å². The largest absolute Gasteiger partial charge is 0.321 e. The first-order chi connectivity index (χ1) is 8.08. The fourth-order valence-corrected chi connectivity index (χ4v) is 3.35. The van der Waals surface area contributed by atoms with E-state index in [0.29, 0.717) is 5.92 Å². The Bertz CT molecular complexity index is 552. The quantitative estimate of drug-likeness (QED) is 0.876. The Labute approximate surface area is 106 Å². The molecule has 1 fully saturated rings. The zero-order chi connectivity index (χ0) is 12.0. The maximum absolute atomic E-state index is 6.37. The second kappa shape index (κ2) is 3.79. The van der Waals surface area contributed by atoms with Gasteiger partial charge in [0.2, 0.25) is 0 Å². The van der Waals surface area contributed by atoms with Crippen molar-refractivity contribution in [2.45, 2.75) is 44.6 Å². The van der Waals surface area contributed by atoms with Crippen LogP contribution in [0.5, 0.6) is 0 Å². The van der Waals surface area contributed by atoms with Gasteiger partial charge in [-0.25, -0.2) is 4.98 Å². The molecule has 3 heteroatoms. The second-order valence-electron chi connectivity index (χ2n) is 5.40. The Morgan fingerprint density at radius 1 is 1.35 bits per heavy atom. The maximum Gasteiger partial charge on any atom is 0.0963 e. The lowest BCUT2D eigenvalue weighted by Gasteiger charge is -2.38. The molecule has 0 unspecified atom stereocenters. The number of hydrogen-bond donors (Lipinski definition) is 1. The minimum atomic E-state index is -0.0594. The van der Waals surface area contributed by atoms with E-state index in [-0.39, 0.29) is 5.54 Å². The van der Waals surface area contributed by atoms with Crippen LogP contribution in [0.1, 0.15) is 49.6 Å². The molecule has 90 valence electrons. The minimum Gasteiger partial charge on any atom is -0.321 e. The molecule has 0 radical (unpaired) electrons. The van der Waals surface area contributed by atoms with Crippen molar-refractivity contribution >= 4 is 21.6 Å². The monoisotopic (exact) mass is 246 g/mol. The van der Waals surface area contributed by atoms with Crippen LogP contribution >= 0.6 is 11.3 Å². The highest BCUT2D eigenvalue weighted by Gasteiger charge is 2.34. The number of fused-ring (bicyclic) bond motifs is 1. The number of hydrogen-bond acceptors (Lipinski definition) is 3. The number of nitrogens with two attached hydrogens (primary N) is 1. The molecule has 2 N–H and O–H groups in total. The van der Waals surface area contributed by atoms with Gasteiger partial charge in [-0.15, -0.1) is 11.3 Å². The first-order valence-electron chi connectivity index (χ1n) is 6.28. The van der Waals surface area contributed by atoms with Crippen LogP contribution in [0.3, 0.4) is 0 Å². The van der Waals surface area contributed by atoms with Gasteiger partial charge < -0.3 is 5.73 Å². The molecule has 0 aliphatic heterocycles. The maximum atomic E-state index is 6.37. The van der Waals surface area contributed by atoms with Gasteiger partial charge >= 0.3 is 0 Å². The second-order valence-corrected chi connectivity index (χ2v) is 6.46. The molecule has 0 atom stereocenters. The van der Waals surface area contributed by atoms with E-state index in [0.717, 1.165) is 18.4 Å². The topological polar surface area (TPSA) is 38.9 Å². The molecular formula is C14H18N2S. The van der Waals surface area contributed by atoms with Gasteiger partial charge in [-0.2, -0.15) is 0 Å². The summed E-state index contributed by atoms with van der Waals surface area (Å²) in [6.45, 7) is 4.38. The van der Waals surface area contributed by atoms with Crippen molar-refractivity contribution in [2.24, 2.45) is 5.73 Å². The van der Waals surface area contributed by atoms with E-state index >= 15 is 0 Å². The average molecular weight is 246 g/mol. The fraction of sp³-hybridized carbons (Fsp3) is 0.500.